The van der Waals surface area contributed by atoms with Crippen molar-refractivity contribution in [3.8, 4) is 28.3 Å². The number of ether oxygens (including phenoxy) is 2. The molecule has 244 valence electrons. The van der Waals surface area contributed by atoms with Gasteiger partial charge in [0, 0.05) is 55.5 Å². The quantitative estimate of drug-likeness (QED) is 0.217. The number of nitrogens with one attached hydrogen (secondary N) is 2. The Balaban J connectivity index is 1.34. The Kier molecular flexibility index (Phi) is 9.31. The van der Waals surface area contributed by atoms with Crippen LogP contribution < -0.4 is 26.6 Å². The zero-order chi connectivity index (χ0) is 33.4. The second-order valence-electron chi connectivity index (χ2n) is 11.3. The molecule has 2 atom stereocenters. The zero-order valence-electron chi connectivity index (χ0n) is 26.2. The van der Waals surface area contributed by atoms with E-state index in [9.17, 15) is 14.7 Å². The maximum absolute atomic E-state index is 13.1. The molecule has 0 amide bonds. The van der Waals surface area contributed by atoms with Crippen molar-refractivity contribution in [2.45, 2.75) is 32.0 Å². The molecule has 1 fully saturated rings. The first-order chi connectivity index (χ1) is 22.6. The third-order valence-electron chi connectivity index (χ3n) is 8.24. The molecule has 3 aromatic heterocycles. The van der Waals surface area contributed by atoms with E-state index in [4.69, 9.17) is 37.7 Å². The highest BCUT2D eigenvalue weighted by Gasteiger charge is 2.24. The van der Waals surface area contributed by atoms with Crippen molar-refractivity contribution in [2.24, 2.45) is 14.1 Å². The lowest BCUT2D eigenvalue weighted by Crippen LogP contribution is -2.46. The summed E-state index contributed by atoms with van der Waals surface area (Å²) in [7, 11) is 4.52. The van der Waals surface area contributed by atoms with Crippen LogP contribution in [0.1, 0.15) is 17.8 Å². The van der Waals surface area contributed by atoms with Crippen molar-refractivity contribution in [3.05, 3.63) is 90.8 Å². The number of nitrogens with zero attached hydrogens (tertiary/aromatic N) is 5. The van der Waals surface area contributed by atoms with Gasteiger partial charge in [-0.25, -0.2) is 19.7 Å². The third kappa shape index (κ3) is 6.22. The van der Waals surface area contributed by atoms with Gasteiger partial charge in [0.25, 0.3) is 5.56 Å². The molecule has 0 saturated carbocycles. The van der Waals surface area contributed by atoms with E-state index in [0.717, 1.165) is 10.1 Å². The summed E-state index contributed by atoms with van der Waals surface area (Å²) in [6, 6.07) is 14.7. The van der Waals surface area contributed by atoms with Crippen LogP contribution in [0.5, 0.6) is 5.88 Å². The number of aromatic nitrogens is 5. The number of anilines is 2. The van der Waals surface area contributed by atoms with Crippen molar-refractivity contribution < 1.29 is 14.6 Å². The van der Waals surface area contributed by atoms with E-state index in [-0.39, 0.29) is 22.9 Å². The Morgan fingerprint density at radius 2 is 1.70 bits per heavy atom. The Hall–Kier alpha value is -4.33. The molecule has 2 aromatic carbocycles. The van der Waals surface area contributed by atoms with E-state index < -0.39 is 17.4 Å². The summed E-state index contributed by atoms with van der Waals surface area (Å²) in [5.74, 6) is 1.04. The fourth-order valence-corrected chi connectivity index (χ4v) is 6.29. The fourth-order valence-electron chi connectivity index (χ4n) is 5.69. The summed E-state index contributed by atoms with van der Waals surface area (Å²) in [6.07, 6.45) is 0.141. The van der Waals surface area contributed by atoms with Crippen LogP contribution in [0.3, 0.4) is 0 Å². The molecule has 6 rings (SSSR count). The Morgan fingerprint density at radius 1 is 0.979 bits per heavy atom. The van der Waals surface area contributed by atoms with Gasteiger partial charge >= 0.3 is 5.69 Å². The number of halogens is 2. The first-order valence-corrected chi connectivity index (χ1v) is 15.7. The average molecular weight is 679 g/mol. The van der Waals surface area contributed by atoms with Crippen LogP contribution in [0, 0.1) is 6.92 Å². The van der Waals surface area contributed by atoms with Crippen molar-refractivity contribution in [1.82, 2.24) is 29.4 Å². The molecule has 0 bridgehead atoms. The highest BCUT2D eigenvalue weighted by atomic mass is 35.5. The molecule has 2 unspecified atom stereocenters. The maximum atomic E-state index is 13.1. The van der Waals surface area contributed by atoms with Gasteiger partial charge in [-0.05, 0) is 25.5 Å². The number of aliphatic hydroxyl groups is 1. The maximum Gasteiger partial charge on any atom is 0.332 e. The first-order valence-electron chi connectivity index (χ1n) is 14.9. The van der Waals surface area contributed by atoms with Gasteiger partial charge in [0.05, 0.1) is 41.2 Å². The predicted molar refractivity (Wildman–Crippen MR) is 182 cm³/mol. The van der Waals surface area contributed by atoms with Crippen LogP contribution in [0.2, 0.25) is 10.0 Å². The van der Waals surface area contributed by atoms with E-state index in [1.165, 1.54) is 11.6 Å². The van der Waals surface area contributed by atoms with Gasteiger partial charge in [-0.1, -0.05) is 59.6 Å². The van der Waals surface area contributed by atoms with Crippen LogP contribution in [0.25, 0.3) is 33.4 Å². The van der Waals surface area contributed by atoms with Gasteiger partial charge in [-0.15, -0.1) is 0 Å². The summed E-state index contributed by atoms with van der Waals surface area (Å²) < 4.78 is 13.3. The molecule has 4 heterocycles. The highest BCUT2D eigenvalue weighted by Crippen LogP contribution is 2.42. The summed E-state index contributed by atoms with van der Waals surface area (Å²) in [5, 5.41) is 17.7. The number of aliphatic hydroxyl groups excluding tert-OH is 1. The largest absolute Gasteiger partial charge is 0.481 e. The molecule has 47 heavy (non-hydrogen) atoms. The summed E-state index contributed by atoms with van der Waals surface area (Å²) in [6.45, 7) is 3.05. The standard InChI is InChI=1S/C33H33Cl2N7O5/c1-17-37-29(26-30(38-17)41(2)33(45)42(3)32(26)44)39-24-10-6-8-20(28(24)35)19-7-5-9-21(27(19)34)22-12-11-18(31(40-22)46-4)15-36-23-13-14-47-16-25(23)43/h5-12,23,25,36,43H,13-16H2,1-4H3,(H,37,38,39). The van der Waals surface area contributed by atoms with Crippen LogP contribution in [0.15, 0.2) is 58.1 Å². The molecule has 12 nitrogen and oxygen atoms in total. The monoisotopic (exact) mass is 677 g/mol. The van der Waals surface area contributed by atoms with E-state index >= 15 is 0 Å². The Morgan fingerprint density at radius 3 is 2.45 bits per heavy atom. The summed E-state index contributed by atoms with van der Waals surface area (Å²) >= 11 is 14.0. The van der Waals surface area contributed by atoms with E-state index in [0.29, 0.717) is 76.0 Å². The number of benzene rings is 2. The minimum absolute atomic E-state index is 0.0783. The van der Waals surface area contributed by atoms with Gasteiger partial charge in [0.1, 0.15) is 17.0 Å². The minimum Gasteiger partial charge on any atom is -0.481 e. The van der Waals surface area contributed by atoms with Gasteiger partial charge in [0.2, 0.25) is 5.88 Å². The molecule has 14 heteroatoms. The number of hydrogen-bond donors (Lipinski definition) is 3. The van der Waals surface area contributed by atoms with Crippen LogP contribution >= 0.6 is 23.2 Å². The number of hydrogen-bond acceptors (Lipinski definition) is 10. The van der Waals surface area contributed by atoms with E-state index in [1.54, 1.807) is 27.1 Å². The molecular weight excluding hydrogens is 645 g/mol. The Labute approximate surface area is 279 Å². The average Bonchev–Trinajstić information content (AvgIpc) is 3.07. The molecule has 1 aliphatic rings. The number of methoxy groups -OCH3 is 1. The number of rotatable bonds is 8. The molecule has 1 aliphatic heterocycles. The number of aryl methyl sites for hydroxylation is 2. The normalized spacial score (nSPS) is 16.4. The molecule has 0 spiro atoms. The van der Waals surface area contributed by atoms with Gasteiger partial charge < -0.3 is 25.2 Å². The predicted octanol–water partition coefficient (Wildman–Crippen LogP) is 4.36. The Bertz CT molecular complexity index is 2120. The second-order valence-corrected chi connectivity index (χ2v) is 12.0. The molecule has 5 aromatic rings. The van der Waals surface area contributed by atoms with E-state index in [2.05, 4.69) is 20.6 Å². The molecule has 0 aliphatic carbocycles. The fraction of sp³-hybridized carbons (Fsp3) is 0.303. The van der Waals surface area contributed by atoms with E-state index in [1.807, 2.05) is 42.5 Å². The molecule has 0 radical (unpaired) electrons. The van der Waals surface area contributed by atoms with Crippen molar-refractivity contribution in [3.63, 3.8) is 0 Å². The topological polar surface area (TPSA) is 145 Å². The van der Waals surface area contributed by atoms with Crippen LogP contribution in [-0.2, 0) is 25.4 Å². The van der Waals surface area contributed by atoms with Gasteiger partial charge in [-0.3, -0.25) is 13.9 Å². The van der Waals surface area contributed by atoms with Crippen molar-refractivity contribution in [2.75, 3.05) is 25.6 Å². The smallest absolute Gasteiger partial charge is 0.332 e. The highest BCUT2D eigenvalue weighted by molar-refractivity contribution is 6.39. The molecule has 1 saturated heterocycles. The summed E-state index contributed by atoms with van der Waals surface area (Å²) in [5.41, 5.74) is 3.10. The molecule has 3 N–H and O–H groups in total. The first kappa shape index (κ1) is 32.6. The van der Waals surface area contributed by atoms with Crippen LogP contribution in [0.4, 0.5) is 11.5 Å². The van der Waals surface area contributed by atoms with Gasteiger partial charge in [-0.2, -0.15) is 0 Å². The van der Waals surface area contributed by atoms with Crippen molar-refractivity contribution in [1.29, 1.82) is 0 Å². The third-order valence-corrected chi connectivity index (χ3v) is 9.06. The lowest BCUT2D eigenvalue weighted by molar-refractivity contribution is -0.0281. The van der Waals surface area contributed by atoms with Crippen molar-refractivity contribution >= 4 is 45.7 Å². The number of fused-ring (bicyclic) bond motifs is 1. The zero-order valence-corrected chi connectivity index (χ0v) is 27.7. The summed E-state index contributed by atoms with van der Waals surface area (Å²) in [4.78, 5) is 39.3. The SMILES string of the molecule is COc1nc(-c2cccc(-c3cccc(Nc4nc(C)nc5c4c(=O)n(C)c(=O)n5C)c3Cl)c2Cl)ccc1CNC1CCOCC1O. The van der Waals surface area contributed by atoms with Gasteiger partial charge in [0.15, 0.2) is 5.65 Å². The molecular formula is C33H33Cl2N7O5. The lowest BCUT2D eigenvalue weighted by atomic mass is 10.00. The minimum atomic E-state index is -0.573. The lowest BCUT2D eigenvalue weighted by Gasteiger charge is -2.28. The second kappa shape index (κ2) is 13.4. The van der Waals surface area contributed by atoms with Crippen LogP contribution in [-0.4, -0.2) is 61.7 Å². The number of pyridine rings is 1.